The fourth-order valence-electron chi connectivity index (χ4n) is 2.80. The molecule has 0 saturated carbocycles. The van der Waals surface area contributed by atoms with Gasteiger partial charge < -0.3 is 9.88 Å². The molecule has 3 N–H and O–H groups in total. The van der Waals surface area contributed by atoms with E-state index < -0.39 is 10.0 Å². The number of fused-ring (bicyclic) bond motifs is 1. The Morgan fingerprint density at radius 2 is 2.12 bits per heavy atom. The van der Waals surface area contributed by atoms with Crippen LogP contribution in [-0.4, -0.2) is 23.2 Å². The molecule has 0 spiro atoms. The van der Waals surface area contributed by atoms with Crippen LogP contribution >= 0.6 is 0 Å². The molecule has 2 heterocycles. The van der Waals surface area contributed by atoms with Crippen LogP contribution in [0.2, 0.25) is 0 Å². The maximum Gasteiger partial charge on any atom is 0.238 e. The predicted molar refractivity (Wildman–Crippen MR) is 87.4 cm³/mol. The Bertz CT molecular complexity index is 897. The van der Waals surface area contributed by atoms with Crippen molar-refractivity contribution in [2.45, 2.75) is 43.7 Å². The highest BCUT2D eigenvalue weighted by Crippen LogP contribution is 2.20. The van der Waals surface area contributed by atoms with E-state index in [1.807, 2.05) is 6.07 Å². The zero-order valence-electron chi connectivity index (χ0n) is 13.1. The van der Waals surface area contributed by atoms with Crippen LogP contribution in [0.5, 0.6) is 0 Å². The van der Waals surface area contributed by atoms with Gasteiger partial charge in [-0.15, -0.1) is 10.2 Å². The van der Waals surface area contributed by atoms with Crippen molar-refractivity contribution in [3.05, 3.63) is 35.4 Å². The van der Waals surface area contributed by atoms with Crippen molar-refractivity contribution in [3.8, 4) is 6.07 Å². The van der Waals surface area contributed by atoms with Crippen LogP contribution in [0.3, 0.4) is 0 Å². The summed E-state index contributed by atoms with van der Waals surface area (Å²) in [6, 6.07) is 6.17. The van der Waals surface area contributed by atoms with Crippen molar-refractivity contribution in [2.24, 2.45) is 5.14 Å². The largest absolute Gasteiger partial charge is 0.377 e. The molecular weight excluding hydrogens is 328 g/mol. The first-order valence-electron chi connectivity index (χ1n) is 7.71. The quantitative estimate of drug-likeness (QED) is 0.854. The summed E-state index contributed by atoms with van der Waals surface area (Å²) in [6.07, 6.45) is 4.34. The summed E-state index contributed by atoms with van der Waals surface area (Å²) in [6.45, 7) is 1.31. The third kappa shape index (κ3) is 3.39. The molecule has 0 unspecified atom stereocenters. The van der Waals surface area contributed by atoms with Gasteiger partial charge in [0.05, 0.1) is 22.7 Å². The smallest absolute Gasteiger partial charge is 0.238 e. The number of nitrogens with one attached hydrogen (secondary N) is 1. The standard InChI is InChI=1S/C15H18N6O2S/c16-9-11-8-12(24(17,22)23)5-6-13(11)18-10-15-20-19-14-4-2-1-3-7-21(14)15/h5-6,8,18H,1-4,7,10H2,(H2,17,22,23). The van der Waals surface area contributed by atoms with Crippen molar-refractivity contribution in [3.63, 3.8) is 0 Å². The van der Waals surface area contributed by atoms with E-state index in [9.17, 15) is 13.7 Å². The third-order valence-electron chi connectivity index (χ3n) is 4.06. The average molecular weight is 346 g/mol. The first kappa shape index (κ1) is 16.4. The number of hydrogen-bond donors (Lipinski definition) is 2. The van der Waals surface area contributed by atoms with Gasteiger partial charge in [-0.1, -0.05) is 6.42 Å². The number of primary sulfonamides is 1. The molecule has 0 bridgehead atoms. The van der Waals surface area contributed by atoms with Crippen LogP contribution in [-0.2, 0) is 29.5 Å². The van der Waals surface area contributed by atoms with Crippen molar-refractivity contribution in [2.75, 3.05) is 5.32 Å². The number of aryl methyl sites for hydroxylation is 1. The molecule has 8 nitrogen and oxygen atoms in total. The number of anilines is 1. The predicted octanol–water partition coefficient (Wildman–Crippen LogP) is 1.14. The Morgan fingerprint density at radius 3 is 2.88 bits per heavy atom. The second-order valence-corrected chi connectivity index (χ2v) is 7.27. The Morgan fingerprint density at radius 1 is 1.29 bits per heavy atom. The molecule has 0 saturated heterocycles. The molecule has 24 heavy (non-hydrogen) atoms. The Hall–Kier alpha value is -2.44. The van der Waals surface area contributed by atoms with Crippen LogP contribution in [0.1, 0.15) is 36.5 Å². The van der Waals surface area contributed by atoms with E-state index in [4.69, 9.17) is 5.14 Å². The van der Waals surface area contributed by atoms with E-state index in [0.29, 0.717) is 12.2 Å². The van der Waals surface area contributed by atoms with Crippen LogP contribution < -0.4 is 10.5 Å². The molecule has 1 aromatic carbocycles. The molecule has 1 aliphatic heterocycles. The summed E-state index contributed by atoms with van der Waals surface area (Å²) in [4.78, 5) is -0.0825. The SMILES string of the molecule is N#Cc1cc(S(N)(=O)=O)ccc1NCc1nnc2n1CCCCC2. The fourth-order valence-corrected chi connectivity index (χ4v) is 3.34. The van der Waals surface area contributed by atoms with E-state index in [1.165, 1.54) is 24.6 Å². The Kier molecular flexibility index (Phi) is 4.51. The summed E-state index contributed by atoms with van der Waals surface area (Å²) >= 11 is 0. The molecule has 1 aliphatic rings. The number of nitriles is 1. The maximum absolute atomic E-state index is 11.4. The first-order valence-corrected chi connectivity index (χ1v) is 9.25. The number of nitrogens with zero attached hydrogens (tertiary/aromatic N) is 4. The van der Waals surface area contributed by atoms with Gasteiger partial charge in [-0.25, -0.2) is 13.6 Å². The molecule has 2 aromatic rings. The minimum absolute atomic E-state index is 0.0825. The van der Waals surface area contributed by atoms with Gasteiger partial charge in [0.15, 0.2) is 5.82 Å². The highest BCUT2D eigenvalue weighted by molar-refractivity contribution is 7.89. The summed E-state index contributed by atoms with van der Waals surface area (Å²) in [5.74, 6) is 1.81. The second-order valence-electron chi connectivity index (χ2n) is 5.71. The minimum Gasteiger partial charge on any atom is -0.377 e. The van der Waals surface area contributed by atoms with Crippen LogP contribution in [0, 0.1) is 11.3 Å². The molecular formula is C15H18N6O2S. The number of hydrogen-bond acceptors (Lipinski definition) is 6. The van der Waals surface area contributed by atoms with Crippen LogP contribution in [0.4, 0.5) is 5.69 Å². The number of nitrogens with two attached hydrogens (primary N) is 1. The topological polar surface area (TPSA) is 127 Å². The Labute approximate surface area is 140 Å². The second kappa shape index (κ2) is 6.59. The van der Waals surface area contributed by atoms with Crippen LogP contribution in [0.15, 0.2) is 23.1 Å². The van der Waals surface area contributed by atoms with E-state index in [2.05, 4.69) is 20.1 Å². The Balaban J connectivity index is 1.80. The van der Waals surface area contributed by atoms with E-state index in [1.54, 1.807) is 0 Å². The van der Waals surface area contributed by atoms with Gasteiger partial charge in [-0.2, -0.15) is 5.26 Å². The molecule has 0 atom stereocenters. The lowest BCUT2D eigenvalue weighted by molar-refractivity contribution is 0.597. The van der Waals surface area contributed by atoms with Gasteiger partial charge in [0.2, 0.25) is 10.0 Å². The molecule has 0 amide bonds. The van der Waals surface area contributed by atoms with Gasteiger partial charge >= 0.3 is 0 Å². The fraction of sp³-hybridized carbons (Fsp3) is 0.400. The van der Waals surface area contributed by atoms with Crippen molar-refractivity contribution in [1.82, 2.24) is 14.8 Å². The number of rotatable bonds is 4. The lowest BCUT2D eigenvalue weighted by atomic mass is 10.2. The summed E-state index contributed by atoms with van der Waals surface area (Å²) < 4.78 is 24.9. The lowest BCUT2D eigenvalue weighted by Gasteiger charge is -2.11. The third-order valence-corrected chi connectivity index (χ3v) is 4.97. The highest BCUT2D eigenvalue weighted by atomic mass is 32.2. The van der Waals surface area contributed by atoms with Gasteiger partial charge in [0, 0.05) is 13.0 Å². The molecule has 3 rings (SSSR count). The van der Waals surface area contributed by atoms with Gasteiger partial charge in [-0.3, -0.25) is 0 Å². The number of aromatic nitrogens is 3. The first-order chi connectivity index (χ1) is 11.5. The number of sulfonamides is 1. The molecule has 126 valence electrons. The van der Waals surface area contributed by atoms with E-state index in [0.717, 1.165) is 37.5 Å². The van der Waals surface area contributed by atoms with E-state index >= 15 is 0 Å². The van der Waals surface area contributed by atoms with Crippen molar-refractivity contribution < 1.29 is 8.42 Å². The minimum atomic E-state index is -3.83. The summed E-state index contributed by atoms with van der Waals surface area (Å²) in [5.41, 5.74) is 0.757. The molecule has 0 radical (unpaired) electrons. The van der Waals surface area contributed by atoms with Gasteiger partial charge in [-0.05, 0) is 31.0 Å². The van der Waals surface area contributed by atoms with Gasteiger partial charge in [0.25, 0.3) is 0 Å². The zero-order valence-corrected chi connectivity index (χ0v) is 13.9. The molecule has 9 heteroatoms. The molecule has 0 fully saturated rings. The van der Waals surface area contributed by atoms with Gasteiger partial charge in [0.1, 0.15) is 11.9 Å². The van der Waals surface area contributed by atoms with Crippen LogP contribution in [0.25, 0.3) is 0 Å². The van der Waals surface area contributed by atoms with E-state index in [-0.39, 0.29) is 10.5 Å². The maximum atomic E-state index is 11.4. The molecule has 1 aromatic heterocycles. The molecule has 0 aliphatic carbocycles. The summed E-state index contributed by atoms with van der Waals surface area (Å²) in [7, 11) is -3.83. The highest BCUT2D eigenvalue weighted by Gasteiger charge is 2.15. The van der Waals surface area contributed by atoms with Crippen molar-refractivity contribution >= 4 is 15.7 Å². The van der Waals surface area contributed by atoms with Crippen molar-refractivity contribution in [1.29, 1.82) is 5.26 Å². The lowest BCUT2D eigenvalue weighted by Crippen LogP contribution is -2.13. The summed E-state index contributed by atoms with van der Waals surface area (Å²) in [5, 5.41) is 25.9. The zero-order chi connectivity index (χ0) is 17.2. The monoisotopic (exact) mass is 346 g/mol. The number of benzene rings is 1. The normalized spacial score (nSPS) is 14.5. The average Bonchev–Trinajstić information content (AvgIpc) is 2.78.